The number of rotatable bonds is 8. The van der Waals surface area contributed by atoms with Gasteiger partial charge in [0.1, 0.15) is 0 Å². The van der Waals surface area contributed by atoms with Gasteiger partial charge in [-0.15, -0.1) is 0 Å². The normalized spacial score (nSPS) is 14.7. The minimum absolute atomic E-state index is 0.236. The van der Waals surface area contributed by atoms with Crippen molar-refractivity contribution in [3.63, 3.8) is 0 Å². The van der Waals surface area contributed by atoms with E-state index in [2.05, 4.69) is 0 Å². The second kappa shape index (κ2) is 7.65. The first kappa shape index (κ1) is 14.4. The maximum atomic E-state index is 11.7. The maximum absolute atomic E-state index is 11.7. The van der Waals surface area contributed by atoms with Crippen LogP contribution in [0.1, 0.15) is 34.1 Å². The minimum Gasteiger partial charge on any atom is -0.464 e. The molecule has 0 heterocycles. The van der Waals surface area contributed by atoms with Crippen LogP contribution in [0.4, 0.5) is 0 Å². The molecule has 0 bridgehead atoms. The minimum atomic E-state index is -0.972. The second-order valence-corrected chi connectivity index (χ2v) is 3.44. The highest BCUT2D eigenvalue weighted by Gasteiger charge is 2.35. The summed E-state index contributed by atoms with van der Waals surface area (Å²) in [4.78, 5) is 11.7. The van der Waals surface area contributed by atoms with E-state index in [1.165, 1.54) is 0 Å². The van der Waals surface area contributed by atoms with E-state index in [1.54, 1.807) is 6.92 Å². The Hall–Kier alpha value is -0.610. The molecule has 0 saturated heterocycles. The molecule has 1 atom stereocenters. The maximum Gasteiger partial charge on any atom is 0.340 e. The van der Waals surface area contributed by atoms with E-state index in [1.807, 2.05) is 20.8 Å². The van der Waals surface area contributed by atoms with Crippen LogP contribution in [0.3, 0.4) is 0 Å². The van der Waals surface area contributed by atoms with Crippen molar-refractivity contribution in [2.24, 2.45) is 0 Å². The van der Waals surface area contributed by atoms with Crippen LogP contribution in [0.15, 0.2) is 0 Å². The number of carbonyl (C=O) groups is 1. The van der Waals surface area contributed by atoms with Crippen LogP contribution in [0, 0.1) is 0 Å². The third-order valence-corrected chi connectivity index (χ3v) is 1.91. The van der Waals surface area contributed by atoms with Crippen molar-refractivity contribution < 1.29 is 19.0 Å². The summed E-state index contributed by atoms with van der Waals surface area (Å²) in [5.41, 5.74) is -0.972. The quantitative estimate of drug-likeness (QED) is 0.582. The molecule has 0 radical (unpaired) electrons. The molecular weight excluding hydrogens is 196 g/mol. The van der Waals surface area contributed by atoms with Gasteiger partial charge in [-0.2, -0.15) is 0 Å². The zero-order valence-electron chi connectivity index (χ0n) is 10.2. The molecule has 0 amide bonds. The Labute approximate surface area is 91.9 Å². The van der Waals surface area contributed by atoms with Gasteiger partial charge in [0.05, 0.1) is 13.2 Å². The summed E-state index contributed by atoms with van der Waals surface area (Å²) in [7, 11) is 0. The van der Waals surface area contributed by atoms with E-state index in [-0.39, 0.29) is 12.6 Å². The van der Waals surface area contributed by atoms with E-state index in [0.29, 0.717) is 19.8 Å². The van der Waals surface area contributed by atoms with Crippen LogP contribution in [-0.4, -0.2) is 38.0 Å². The Balaban J connectivity index is 4.25. The molecule has 0 N–H and O–H groups in total. The van der Waals surface area contributed by atoms with Crippen molar-refractivity contribution in [1.29, 1.82) is 0 Å². The highest BCUT2D eigenvalue weighted by Crippen LogP contribution is 2.13. The molecule has 0 aliphatic rings. The Morgan fingerprint density at radius 1 is 1.20 bits per heavy atom. The zero-order valence-corrected chi connectivity index (χ0v) is 10.2. The fourth-order valence-corrected chi connectivity index (χ4v) is 1.12. The molecule has 0 aliphatic carbocycles. The molecule has 1 unspecified atom stereocenters. The molecule has 0 aliphatic heterocycles. The summed E-state index contributed by atoms with van der Waals surface area (Å²) in [6, 6.07) is 0. The van der Waals surface area contributed by atoms with Crippen LogP contribution in [0.2, 0.25) is 0 Å². The molecule has 90 valence electrons. The highest BCUT2D eigenvalue weighted by molar-refractivity contribution is 5.79. The van der Waals surface area contributed by atoms with Crippen LogP contribution in [0.25, 0.3) is 0 Å². The molecule has 4 nitrogen and oxygen atoms in total. The molecule has 0 aromatic carbocycles. The van der Waals surface area contributed by atoms with E-state index < -0.39 is 5.60 Å². The topological polar surface area (TPSA) is 44.8 Å². The molecule has 0 fully saturated rings. The van der Waals surface area contributed by atoms with Crippen LogP contribution in [-0.2, 0) is 19.0 Å². The molecule has 0 saturated carbocycles. The van der Waals surface area contributed by atoms with Crippen molar-refractivity contribution >= 4 is 5.97 Å². The van der Waals surface area contributed by atoms with Gasteiger partial charge in [-0.3, -0.25) is 0 Å². The molecule has 15 heavy (non-hydrogen) atoms. The first-order chi connectivity index (χ1) is 7.10. The van der Waals surface area contributed by atoms with Gasteiger partial charge < -0.3 is 14.2 Å². The summed E-state index contributed by atoms with van der Waals surface area (Å²) in [5, 5.41) is 0. The fraction of sp³-hybridized carbons (Fsp3) is 0.909. The van der Waals surface area contributed by atoms with Gasteiger partial charge >= 0.3 is 5.97 Å². The summed E-state index contributed by atoms with van der Waals surface area (Å²) < 4.78 is 15.7. The monoisotopic (exact) mass is 218 g/mol. The van der Waals surface area contributed by atoms with Crippen molar-refractivity contribution in [3.8, 4) is 0 Å². The number of hydrogen-bond acceptors (Lipinski definition) is 4. The van der Waals surface area contributed by atoms with Crippen molar-refractivity contribution in [3.05, 3.63) is 0 Å². The SMILES string of the molecule is CCCOC(=O)C(C)(COCC)OCC. The summed E-state index contributed by atoms with van der Waals surface area (Å²) in [6.07, 6.45) is 0.808. The highest BCUT2D eigenvalue weighted by atomic mass is 16.6. The van der Waals surface area contributed by atoms with Crippen LogP contribution < -0.4 is 0 Å². The van der Waals surface area contributed by atoms with Crippen molar-refractivity contribution in [1.82, 2.24) is 0 Å². The van der Waals surface area contributed by atoms with Gasteiger partial charge in [0, 0.05) is 13.2 Å². The lowest BCUT2D eigenvalue weighted by atomic mass is 10.1. The first-order valence-electron chi connectivity index (χ1n) is 5.49. The number of ether oxygens (including phenoxy) is 3. The van der Waals surface area contributed by atoms with Gasteiger partial charge in [0.15, 0.2) is 5.60 Å². The Morgan fingerprint density at radius 2 is 1.87 bits per heavy atom. The standard InChI is InChI=1S/C11H22O4/c1-5-8-14-10(12)11(4,15-7-3)9-13-6-2/h5-9H2,1-4H3. The molecule has 0 aromatic rings. The molecule has 0 spiro atoms. The van der Waals surface area contributed by atoms with Gasteiger partial charge in [-0.05, 0) is 27.2 Å². The Morgan fingerprint density at radius 3 is 2.33 bits per heavy atom. The average Bonchev–Trinajstić information content (AvgIpc) is 2.23. The lowest BCUT2D eigenvalue weighted by molar-refractivity contribution is -0.177. The smallest absolute Gasteiger partial charge is 0.340 e. The predicted octanol–water partition coefficient (Wildman–Crippen LogP) is 1.77. The van der Waals surface area contributed by atoms with Crippen LogP contribution in [0.5, 0.6) is 0 Å². The number of esters is 1. The molecule has 0 aromatic heterocycles. The lowest BCUT2D eigenvalue weighted by Gasteiger charge is -2.26. The van der Waals surface area contributed by atoms with Gasteiger partial charge in [0.2, 0.25) is 0 Å². The van der Waals surface area contributed by atoms with E-state index in [4.69, 9.17) is 14.2 Å². The molecular formula is C11H22O4. The van der Waals surface area contributed by atoms with Crippen molar-refractivity contribution in [2.45, 2.75) is 39.7 Å². The Bertz CT molecular complexity index is 181. The third kappa shape index (κ3) is 5.14. The predicted molar refractivity (Wildman–Crippen MR) is 57.8 cm³/mol. The number of carbonyl (C=O) groups excluding carboxylic acids is 1. The first-order valence-corrected chi connectivity index (χ1v) is 5.49. The Kier molecular flexibility index (Phi) is 7.34. The zero-order chi connectivity index (χ0) is 11.7. The van der Waals surface area contributed by atoms with Crippen LogP contribution >= 0.6 is 0 Å². The van der Waals surface area contributed by atoms with Gasteiger partial charge in [-0.1, -0.05) is 6.92 Å². The largest absolute Gasteiger partial charge is 0.464 e. The summed E-state index contributed by atoms with van der Waals surface area (Å²) in [5.74, 6) is -0.348. The third-order valence-electron chi connectivity index (χ3n) is 1.91. The average molecular weight is 218 g/mol. The summed E-state index contributed by atoms with van der Waals surface area (Å²) >= 11 is 0. The number of hydrogen-bond donors (Lipinski definition) is 0. The molecule has 0 rings (SSSR count). The van der Waals surface area contributed by atoms with E-state index in [9.17, 15) is 4.79 Å². The second-order valence-electron chi connectivity index (χ2n) is 3.44. The summed E-state index contributed by atoms with van der Waals surface area (Å²) in [6.45, 7) is 9.06. The van der Waals surface area contributed by atoms with Crippen molar-refractivity contribution in [2.75, 3.05) is 26.4 Å². The lowest BCUT2D eigenvalue weighted by Crippen LogP contribution is -2.44. The van der Waals surface area contributed by atoms with E-state index in [0.717, 1.165) is 6.42 Å². The molecule has 4 heteroatoms. The fourth-order valence-electron chi connectivity index (χ4n) is 1.12. The van der Waals surface area contributed by atoms with E-state index >= 15 is 0 Å². The van der Waals surface area contributed by atoms with Gasteiger partial charge in [0.25, 0.3) is 0 Å². The van der Waals surface area contributed by atoms with Gasteiger partial charge in [-0.25, -0.2) is 4.79 Å².